The Labute approximate surface area is 114 Å². The summed E-state index contributed by atoms with van der Waals surface area (Å²) in [6, 6.07) is 3.17. The fourth-order valence-corrected chi connectivity index (χ4v) is 2.34. The molecule has 7 heteroatoms. The van der Waals surface area contributed by atoms with Crippen LogP contribution in [0.4, 0.5) is 10.1 Å². The van der Waals surface area contributed by atoms with Crippen LogP contribution in [0.5, 0.6) is 0 Å². The molecule has 1 saturated carbocycles. The summed E-state index contributed by atoms with van der Waals surface area (Å²) in [5, 5.41) is 22.2. The van der Waals surface area contributed by atoms with Crippen LogP contribution in [0, 0.1) is 27.3 Å². The van der Waals surface area contributed by atoms with Crippen LogP contribution in [0.1, 0.15) is 41.6 Å². The summed E-state index contributed by atoms with van der Waals surface area (Å²) in [6.07, 6.45) is 3.64. The molecule has 0 radical (unpaired) electrons. The number of nitriles is 1. The predicted octanol–water partition coefficient (Wildman–Crippen LogP) is 2.28. The summed E-state index contributed by atoms with van der Waals surface area (Å²) < 4.78 is 13.9. The molecule has 1 aliphatic carbocycles. The summed E-state index contributed by atoms with van der Waals surface area (Å²) in [5.41, 5.74) is -1.30. The highest BCUT2D eigenvalue weighted by molar-refractivity contribution is 5.97. The van der Waals surface area contributed by atoms with Gasteiger partial charge in [-0.05, 0) is 12.8 Å². The van der Waals surface area contributed by atoms with Crippen molar-refractivity contribution in [2.45, 2.75) is 31.7 Å². The van der Waals surface area contributed by atoms with E-state index in [1.165, 1.54) is 0 Å². The first kappa shape index (κ1) is 13.9. The molecule has 1 fully saturated rings. The van der Waals surface area contributed by atoms with Crippen LogP contribution in [0.15, 0.2) is 12.1 Å². The summed E-state index contributed by atoms with van der Waals surface area (Å²) in [4.78, 5) is 21.8. The number of nitro groups is 1. The van der Waals surface area contributed by atoms with Crippen molar-refractivity contribution in [3.8, 4) is 6.07 Å². The van der Waals surface area contributed by atoms with Crippen molar-refractivity contribution in [2.24, 2.45) is 0 Å². The van der Waals surface area contributed by atoms with Gasteiger partial charge < -0.3 is 5.32 Å². The van der Waals surface area contributed by atoms with E-state index in [9.17, 15) is 19.3 Å². The van der Waals surface area contributed by atoms with Gasteiger partial charge in [-0.15, -0.1) is 0 Å². The SMILES string of the molecule is N#Cc1cc([N+](=O)[O-])cc(F)c1C(=O)NC1CCCC1. The van der Waals surface area contributed by atoms with Crippen LogP contribution in [-0.2, 0) is 0 Å². The number of halogens is 1. The quantitative estimate of drug-likeness (QED) is 0.677. The second-order valence-electron chi connectivity index (χ2n) is 4.67. The lowest BCUT2D eigenvalue weighted by atomic mass is 10.1. The molecule has 6 nitrogen and oxygen atoms in total. The highest BCUT2D eigenvalue weighted by Gasteiger charge is 2.25. The zero-order chi connectivity index (χ0) is 14.7. The number of hydrogen-bond donors (Lipinski definition) is 1. The fraction of sp³-hybridized carbons (Fsp3) is 0.385. The van der Waals surface area contributed by atoms with Crippen molar-refractivity contribution in [2.75, 3.05) is 0 Å². The maximum Gasteiger partial charge on any atom is 0.273 e. The highest BCUT2D eigenvalue weighted by atomic mass is 19.1. The molecule has 1 N–H and O–H groups in total. The van der Waals surface area contributed by atoms with Gasteiger partial charge in [-0.25, -0.2) is 4.39 Å². The lowest BCUT2D eigenvalue weighted by molar-refractivity contribution is -0.385. The average Bonchev–Trinajstić information content (AvgIpc) is 2.90. The van der Waals surface area contributed by atoms with E-state index in [4.69, 9.17) is 5.26 Å². The molecule has 0 bridgehead atoms. The number of nitro benzene ring substituents is 1. The van der Waals surface area contributed by atoms with Crippen LogP contribution in [0.2, 0.25) is 0 Å². The van der Waals surface area contributed by atoms with Gasteiger partial charge in [0, 0.05) is 12.1 Å². The monoisotopic (exact) mass is 277 g/mol. The molecule has 20 heavy (non-hydrogen) atoms. The Morgan fingerprint density at radius 1 is 1.45 bits per heavy atom. The predicted molar refractivity (Wildman–Crippen MR) is 67.5 cm³/mol. The third-order valence-corrected chi connectivity index (χ3v) is 3.32. The van der Waals surface area contributed by atoms with Crippen molar-refractivity contribution in [3.63, 3.8) is 0 Å². The number of hydrogen-bond acceptors (Lipinski definition) is 4. The Morgan fingerprint density at radius 3 is 2.65 bits per heavy atom. The molecular formula is C13H12FN3O3. The average molecular weight is 277 g/mol. The van der Waals surface area contributed by atoms with Crippen LogP contribution >= 0.6 is 0 Å². The number of carbonyl (C=O) groups is 1. The van der Waals surface area contributed by atoms with Crippen molar-refractivity contribution in [1.29, 1.82) is 5.26 Å². The molecule has 0 aromatic heterocycles. The number of nitrogens with one attached hydrogen (secondary N) is 1. The molecule has 1 aromatic rings. The normalized spacial score (nSPS) is 14.8. The number of rotatable bonds is 3. The van der Waals surface area contributed by atoms with E-state index in [2.05, 4.69) is 5.32 Å². The molecule has 0 atom stereocenters. The summed E-state index contributed by atoms with van der Waals surface area (Å²) in [7, 11) is 0. The summed E-state index contributed by atoms with van der Waals surface area (Å²) >= 11 is 0. The van der Waals surface area contributed by atoms with E-state index in [0.717, 1.165) is 31.7 Å². The van der Waals surface area contributed by atoms with Crippen molar-refractivity contribution in [1.82, 2.24) is 5.32 Å². The van der Waals surface area contributed by atoms with Gasteiger partial charge in [0.05, 0.1) is 22.1 Å². The molecule has 0 spiro atoms. The van der Waals surface area contributed by atoms with Gasteiger partial charge in [-0.3, -0.25) is 14.9 Å². The largest absolute Gasteiger partial charge is 0.349 e. The third kappa shape index (κ3) is 2.74. The third-order valence-electron chi connectivity index (χ3n) is 3.32. The molecule has 2 rings (SSSR count). The van der Waals surface area contributed by atoms with E-state index >= 15 is 0 Å². The minimum absolute atomic E-state index is 0.0244. The Morgan fingerprint density at radius 2 is 2.10 bits per heavy atom. The maximum absolute atomic E-state index is 13.9. The van der Waals surface area contributed by atoms with Gasteiger partial charge >= 0.3 is 0 Å². The first-order valence-electron chi connectivity index (χ1n) is 6.22. The number of benzene rings is 1. The Bertz CT molecular complexity index is 604. The molecule has 0 unspecified atom stereocenters. The molecule has 1 aromatic carbocycles. The smallest absolute Gasteiger partial charge is 0.273 e. The van der Waals surface area contributed by atoms with Crippen LogP contribution in [0.3, 0.4) is 0 Å². The summed E-state index contributed by atoms with van der Waals surface area (Å²) in [5.74, 6) is -1.74. The minimum Gasteiger partial charge on any atom is -0.349 e. The Kier molecular flexibility index (Phi) is 3.94. The van der Waals surface area contributed by atoms with Gasteiger partial charge in [0.2, 0.25) is 0 Å². The van der Waals surface area contributed by atoms with E-state index in [1.807, 2.05) is 0 Å². The second-order valence-corrected chi connectivity index (χ2v) is 4.67. The van der Waals surface area contributed by atoms with Gasteiger partial charge in [-0.1, -0.05) is 12.8 Å². The first-order chi connectivity index (χ1) is 9.52. The van der Waals surface area contributed by atoms with Crippen molar-refractivity contribution >= 4 is 11.6 Å². The molecule has 104 valence electrons. The van der Waals surface area contributed by atoms with Crippen LogP contribution < -0.4 is 5.32 Å². The van der Waals surface area contributed by atoms with Crippen LogP contribution in [-0.4, -0.2) is 16.9 Å². The molecule has 0 aliphatic heterocycles. The topological polar surface area (TPSA) is 96.0 Å². The van der Waals surface area contributed by atoms with Crippen LogP contribution in [0.25, 0.3) is 0 Å². The number of carbonyl (C=O) groups excluding carboxylic acids is 1. The minimum atomic E-state index is -1.05. The molecular weight excluding hydrogens is 265 g/mol. The lowest BCUT2D eigenvalue weighted by Crippen LogP contribution is -2.33. The second kappa shape index (κ2) is 5.65. The standard InChI is InChI=1S/C13H12FN3O3/c14-11-6-10(17(19)20)5-8(7-15)12(11)13(18)16-9-3-1-2-4-9/h5-6,9H,1-4H2,(H,16,18). The fourth-order valence-electron chi connectivity index (χ4n) is 2.34. The number of nitrogens with zero attached hydrogens (tertiary/aromatic N) is 2. The van der Waals surface area contributed by atoms with Crippen molar-refractivity contribution < 1.29 is 14.1 Å². The number of non-ortho nitro benzene ring substituents is 1. The van der Waals surface area contributed by atoms with E-state index in [-0.39, 0.29) is 11.6 Å². The number of amides is 1. The zero-order valence-corrected chi connectivity index (χ0v) is 10.6. The Balaban J connectivity index is 2.32. The van der Waals surface area contributed by atoms with Crippen molar-refractivity contribution in [3.05, 3.63) is 39.2 Å². The molecule has 0 heterocycles. The van der Waals surface area contributed by atoms with E-state index in [1.54, 1.807) is 6.07 Å². The van der Waals surface area contributed by atoms with Gasteiger partial charge in [0.1, 0.15) is 11.9 Å². The van der Waals surface area contributed by atoms with Gasteiger partial charge in [0.15, 0.2) is 0 Å². The zero-order valence-electron chi connectivity index (χ0n) is 10.6. The first-order valence-corrected chi connectivity index (χ1v) is 6.22. The molecule has 1 amide bonds. The Hall–Kier alpha value is -2.49. The van der Waals surface area contributed by atoms with E-state index in [0.29, 0.717) is 6.07 Å². The van der Waals surface area contributed by atoms with E-state index < -0.39 is 27.9 Å². The molecule has 0 saturated heterocycles. The van der Waals surface area contributed by atoms with Gasteiger partial charge in [0.25, 0.3) is 11.6 Å². The lowest BCUT2D eigenvalue weighted by Gasteiger charge is -2.13. The highest BCUT2D eigenvalue weighted by Crippen LogP contribution is 2.23. The summed E-state index contributed by atoms with van der Waals surface area (Å²) in [6.45, 7) is 0. The maximum atomic E-state index is 13.9. The van der Waals surface area contributed by atoms with Gasteiger partial charge in [-0.2, -0.15) is 5.26 Å². The molecule has 1 aliphatic rings.